The lowest BCUT2D eigenvalue weighted by Gasteiger charge is -2.35. The van der Waals surface area contributed by atoms with Gasteiger partial charge in [-0.3, -0.25) is 0 Å². The molecule has 0 aromatic heterocycles. The Morgan fingerprint density at radius 2 is 1.60 bits per heavy atom. The zero-order valence-corrected chi connectivity index (χ0v) is 13.1. The molecule has 0 atom stereocenters. The van der Waals surface area contributed by atoms with Gasteiger partial charge in [0.15, 0.2) is 5.79 Å². The first kappa shape index (κ1) is 16.2. The van der Waals surface area contributed by atoms with E-state index in [-0.39, 0.29) is 5.79 Å². The molecule has 4 nitrogen and oxygen atoms in total. The summed E-state index contributed by atoms with van der Waals surface area (Å²) in [4.78, 5) is 0. The van der Waals surface area contributed by atoms with E-state index in [9.17, 15) is 0 Å². The highest BCUT2D eigenvalue weighted by Gasteiger charge is 2.39. The van der Waals surface area contributed by atoms with Crippen molar-refractivity contribution in [1.82, 2.24) is 10.6 Å². The molecule has 2 rings (SSSR count). The fraction of sp³-hybridized carbons (Fsp3) is 1.00. The fourth-order valence-electron chi connectivity index (χ4n) is 3.26. The van der Waals surface area contributed by atoms with E-state index in [1.807, 2.05) is 0 Å². The molecule has 1 saturated heterocycles. The van der Waals surface area contributed by atoms with Gasteiger partial charge in [0.25, 0.3) is 0 Å². The van der Waals surface area contributed by atoms with Gasteiger partial charge in [0, 0.05) is 12.8 Å². The summed E-state index contributed by atoms with van der Waals surface area (Å²) >= 11 is 0. The van der Waals surface area contributed by atoms with Crippen molar-refractivity contribution in [3.05, 3.63) is 0 Å². The quantitative estimate of drug-likeness (QED) is 0.638. The molecule has 0 radical (unpaired) electrons. The molecule has 2 fully saturated rings. The number of rotatable bonds is 9. The normalized spacial score (nSPS) is 22.6. The minimum atomic E-state index is -0.186. The third-order valence-corrected chi connectivity index (χ3v) is 4.54. The molecule has 118 valence electrons. The van der Waals surface area contributed by atoms with Gasteiger partial charge in [-0.05, 0) is 64.2 Å². The van der Waals surface area contributed by atoms with Gasteiger partial charge < -0.3 is 20.1 Å². The second-order valence-electron chi connectivity index (χ2n) is 6.19. The Labute approximate surface area is 124 Å². The van der Waals surface area contributed by atoms with Crippen LogP contribution >= 0.6 is 0 Å². The molecule has 1 aliphatic carbocycles. The van der Waals surface area contributed by atoms with Crippen LogP contribution in [0, 0.1) is 5.92 Å². The highest BCUT2D eigenvalue weighted by atomic mass is 16.7. The summed E-state index contributed by atoms with van der Waals surface area (Å²) in [7, 11) is 0. The lowest BCUT2D eigenvalue weighted by atomic mass is 9.83. The van der Waals surface area contributed by atoms with E-state index in [4.69, 9.17) is 9.47 Å². The molecule has 0 bridgehead atoms. The molecule has 2 N–H and O–H groups in total. The summed E-state index contributed by atoms with van der Waals surface area (Å²) < 4.78 is 11.5. The van der Waals surface area contributed by atoms with Gasteiger partial charge >= 0.3 is 0 Å². The Bertz CT molecular complexity index is 245. The Balaban J connectivity index is 1.43. The van der Waals surface area contributed by atoms with Gasteiger partial charge in [-0.1, -0.05) is 6.92 Å². The molecule has 1 aliphatic heterocycles. The monoisotopic (exact) mass is 284 g/mol. The number of hydrogen-bond donors (Lipinski definition) is 2. The highest BCUT2D eigenvalue weighted by molar-refractivity contribution is 4.82. The van der Waals surface area contributed by atoms with Crippen molar-refractivity contribution in [2.75, 3.05) is 39.4 Å². The maximum atomic E-state index is 5.77. The van der Waals surface area contributed by atoms with Crippen LogP contribution in [0.4, 0.5) is 0 Å². The molecule has 2 aliphatic rings. The van der Waals surface area contributed by atoms with Crippen molar-refractivity contribution < 1.29 is 9.47 Å². The maximum Gasteiger partial charge on any atom is 0.168 e. The molecule has 1 saturated carbocycles. The van der Waals surface area contributed by atoms with Gasteiger partial charge in [0.2, 0.25) is 0 Å². The molecular formula is C16H32N2O2. The lowest BCUT2D eigenvalue weighted by Crippen LogP contribution is -2.35. The summed E-state index contributed by atoms with van der Waals surface area (Å²) in [5.74, 6) is 0.675. The first-order chi connectivity index (χ1) is 9.85. The predicted octanol–water partition coefficient (Wildman–Crippen LogP) is 2.29. The SMILES string of the molecule is CCCNCCCNCCC1CCC2(CC1)OCCO2. The van der Waals surface area contributed by atoms with E-state index in [2.05, 4.69) is 17.6 Å². The smallest absolute Gasteiger partial charge is 0.168 e. The van der Waals surface area contributed by atoms with E-state index in [0.717, 1.165) is 58.2 Å². The predicted molar refractivity (Wildman–Crippen MR) is 81.9 cm³/mol. The van der Waals surface area contributed by atoms with Crippen molar-refractivity contribution in [2.24, 2.45) is 5.92 Å². The molecular weight excluding hydrogens is 252 g/mol. The van der Waals surface area contributed by atoms with Crippen LogP contribution in [0.25, 0.3) is 0 Å². The van der Waals surface area contributed by atoms with Crippen LogP contribution in [-0.2, 0) is 9.47 Å². The van der Waals surface area contributed by atoms with Crippen LogP contribution in [0.5, 0.6) is 0 Å². The maximum absolute atomic E-state index is 5.77. The van der Waals surface area contributed by atoms with Crippen molar-refractivity contribution in [3.8, 4) is 0 Å². The van der Waals surface area contributed by atoms with Gasteiger partial charge in [-0.25, -0.2) is 0 Å². The molecule has 1 spiro atoms. The molecule has 0 aromatic rings. The van der Waals surface area contributed by atoms with Gasteiger partial charge in [0.05, 0.1) is 13.2 Å². The van der Waals surface area contributed by atoms with Crippen LogP contribution < -0.4 is 10.6 Å². The molecule has 1 heterocycles. The zero-order valence-electron chi connectivity index (χ0n) is 13.1. The molecule has 0 amide bonds. The van der Waals surface area contributed by atoms with Crippen molar-refractivity contribution in [1.29, 1.82) is 0 Å². The zero-order chi connectivity index (χ0) is 14.1. The second kappa shape index (κ2) is 8.98. The highest BCUT2D eigenvalue weighted by Crippen LogP contribution is 2.39. The molecule has 4 heteroatoms. The van der Waals surface area contributed by atoms with E-state index >= 15 is 0 Å². The van der Waals surface area contributed by atoms with Gasteiger partial charge in [0.1, 0.15) is 0 Å². The van der Waals surface area contributed by atoms with E-state index < -0.39 is 0 Å². The summed E-state index contributed by atoms with van der Waals surface area (Å²) in [6, 6.07) is 0. The minimum Gasteiger partial charge on any atom is -0.348 e. The summed E-state index contributed by atoms with van der Waals surface area (Å²) in [6.07, 6.45) is 8.48. The van der Waals surface area contributed by atoms with Crippen LogP contribution in [0.2, 0.25) is 0 Å². The van der Waals surface area contributed by atoms with Gasteiger partial charge in [-0.15, -0.1) is 0 Å². The van der Waals surface area contributed by atoms with Crippen LogP contribution in [-0.4, -0.2) is 45.2 Å². The van der Waals surface area contributed by atoms with Crippen molar-refractivity contribution in [3.63, 3.8) is 0 Å². The van der Waals surface area contributed by atoms with E-state index in [0.29, 0.717) is 0 Å². The molecule has 0 unspecified atom stereocenters. The Morgan fingerprint density at radius 3 is 2.25 bits per heavy atom. The summed E-state index contributed by atoms with van der Waals surface area (Å²) in [6.45, 7) is 8.37. The topological polar surface area (TPSA) is 42.5 Å². The summed E-state index contributed by atoms with van der Waals surface area (Å²) in [5.41, 5.74) is 0. The minimum absolute atomic E-state index is 0.186. The van der Waals surface area contributed by atoms with E-state index in [1.54, 1.807) is 0 Å². The third kappa shape index (κ3) is 5.32. The first-order valence-corrected chi connectivity index (χ1v) is 8.54. The Kier molecular flexibility index (Phi) is 7.28. The third-order valence-electron chi connectivity index (χ3n) is 4.54. The van der Waals surface area contributed by atoms with Crippen LogP contribution in [0.15, 0.2) is 0 Å². The Morgan fingerprint density at radius 1 is 0.950 bits per heavy atom. The van der Waals surface area contributed by atoms with Crippen molar-refractivity contribution in [2.45, 2.75) is 57.7 Å². The number of nitrogens with one attached hydrogen (secondary N) is 2. The average Bonchev–Trinajstić information content (AvgIpc) is 2.92. The first-order valence-electron chi connectivity index (χ1n) is 8.54. The van der Waals surface area contributed by atoms with Gasteiger partial charge in [-0.2, -0.15) is 0 Å². The van der Waals surface area contributed by atoms with Crippen LogP contribution in [0.3, 0.4) is 0 Å². The lowest BCUT2D eigenvalue weighted by molar-refractivity contribution is -0.182. The van der Waals surface area contributed by atoms with E-state index in [1.165, 1.54) is 32.1 Å². The average molecular weight is 284 g/mol. The standard InChI is InChI=1S/C16H32N2O2/c1-2-9-17-10-3-11-18-12-6-15-4-7-16(8-5-15)19-13-14-20-16/h15,17-18H,2-14H2,1H3. The number of ether oxygens (including phenoxy) is 2. The largest absolute Gasteiger partial charge is 0.348 e. The molecule has 20 heavy (non-hydrogen) atoms. The molecule has 0 aromatic carbocycles. The van der Waals surface area contributed by atoms with Crippen LogP contribution in [0.1, 0.15) is 51.9 Å². The fourth-order valence-corrected chi connectivity index (χ4v) is 3.26. The van der Waals surface area contributed by atoms with Crippen molar-refractivity contribution >= 4 is 0 Å². The Hall–Kier alpha value is -0.160. The number of hydrogen-bond acceptors (Lipinski definition) is 4. The second-order valence-corrected chi connectivity index (χ2v) is 6.19. The summed E-state index contributed by atoms with van der Waals surface area (Å²) in [5, 5.41) is 7.00.